The number of ether oxygens (including phenoxy) is 1. The van der Waals surface area contributed by atoms with Gasteiger partial charge in [0.2, 0.25) is 0 Å². The Morgan fingerprint density at radius 2 is 1.84 bits per heavy atom. The van der Waals surface area contributed by atoms with Gasteiger partial charge in [-0.1, -0.05) is 12.1 Å². The van der Waals surface area contributed by atoms with Crippen molar-refractivity contribution in [1.82, 2.24) is 0 Å². The second kappa shape index (κ2) is 8.26. The highest BCUT2D eigenvalue weighted by Crippen LogP contribution is 2.17. The number of amides is 1. The van der Waals surface area contributed by atoms with E-state index in [9.17, 15) is 14.0 Å². The van der Waals surface area contributed by atoms with Crippen molar-refractivity contribution in [2.45, 2.75) is 0 Å². The van der Waals surface area contributed by atoms with E-state index in [1.165, 1.54) is 49.7 Å². The van der Waals surface area contributed by atoms with Crippen molar-refractivity contribution >= 4 is 23.3 Å². The summed E-state index contributed by atoms with van der Waals surface area (Å²) < 4.78 is 17.5. The highest BCUT2D eigenvalue weighted by Gasteiger charge is 2.15. The zero-order chi connectivity index (χ0) is 18.2. The Hall–Kier alpha value is -3.66. The molecular formula is C18H14FN3O3. The number of nitrogens with one attached hydrogen (secondary N) is 2. The van der Waals surface area contributed by atoms with Gasteiger partial charge in [0.1, 0.15) is 17.5 Å². The predicted molar refractivity (Wildman–Crippen MR) is 90.1 cm³/mol. The number of hydrogen-bond acceptors (Lipinski definition) is 5. The fraction of sp³-hybridized carbons (Fsp3) is 0.0556. The number of halogens is 1. The molecule has 7 heteroatoms. The first-order chi connectivity index (χ1) is 12.0. The number of methoxy groups -OCH3 is 1. The first-order valence-corrected chi connectivity index (χ1v) is 7.16. The molecule has 2 N–H and O–H groups in total. The number of hydrogen-bond donors (Lipinski definition) is 2. The maximum Gasteiger partial charge on any atom is 0.339 e. The number of esters is 1. The van der Waals surface area contributed by atoms with Crippen molar-refractivity contribution in [3.63, 3.8) is 0 Å². The summed E-state index contributed by atoms with van der Waals surface area (Å²) >= 11 is 0. The minimum Gasteiger partial charge on any atom is -0.465 e. The lowest BCUT2D eigenvalue weighted by molar-refractivity contribution is -0.112. The first-order valence-electron chi connectivity index (χ1n) is 7.16. The van der Waals surface area contributed by atoms with Gasteiger partial charge in [-0.25, -0.2) is 9.18 Å². The van der Waals surface area contributed by atoms with Crippen LogP contribution in [-0.2, 0) is 9.53 Å². The van der Waals surface area contributed by atoms with E-state index in [-0.39, 0.29) is 16.8 Å². The standard InChI is InChI=1S/C18H14FN3O3/c1-25-18(24)15-4-2-3-5-16(15)22-17(23)12(10-20)11-21-14-8-6-13(19)7-9-14/h2-9,11,21H,1H3,(H,22,23)/b12-11-. The quantitative estimate of drug-likeness (QED) is 0.496. The van der Waals surface area contributed by atoms with Gasteiger partial charge in [0.25, 0.3) is 5.91 Å². The van der Waals surface area contributed by atoms with Crippen LogP contribution in [0.4, 0.5) is 15.8 Å². The molecule has 0 saturated carbocycles. The summed E-state index contributed by atoms with van der Waals surface area (Å²) in [5.41, 5.74) is 0.685. The zero-order valence-corrected chi connectivity index (χ0v) is 13.2. The third-order valence-electron chi connectivity index (χ3n) is 3.17. The van der Waals surface area contributed by atoms with Crippen molar-refractivity contribution in [1.29, 1.82) is 5.26 Å². The minimum absolute atomic E-state index is 0.169. The van der Waals surface area contributed by atoms with Crippen LogP contribution in [0.3, 0.4) is 0 Å². The number of anilines is 2. The molecule has 2 aromatic carbocycles. The summed E-state index contributed by atoms with van der Waals surface area (Å²) in [6.07, 6.45) is 1.20. The summed E-state index contributed by atoms with van der Waals surface area (Å²) in [5, 5.41) is 14.4. The molecule has 0 heterocycles. The van der Waals surface area contributed by atoms with Gasteiger partial charge in [-0.05, 0) is 36.4 Å². The number of carbonyl (C=O) groups excluding carboxylic acids is 2. The van der Waals surface area contributed by atoms with E-state index in [0.717, 1.165) is 0 Å². The van der Waals surface area contributed by atoms with Gasteiger partial charge < -0.3 is 15.4 Å². The highest BCUT2D eigenvalue weighted by molar-refractivity contribution is 6.09. The van der Waals surface area contributed by atoms with Crippen molar-refractivity contribution in [3.05, 3.63) is 71.7 Å². The van der Waals surface area contributed by atoms with E-state index in [1.807, 2.05) is 0 Å². The van der Waals surface area contributed by atoms with Crippen LogP contribution in [0.5, 0.6) is 0 Å². The first kappa shape index (κ1) is 17.7. The molecule has 0 saturated heterocycles. The summed E-state index contributed by atoms with van der Waals surface area (Å²) in [4.78, 5) is 23.9. The topological polar surface area (TPSA) is 91.2 Å². The molecule has 0 aromatic heterocycles. The molecule has 25 heavy (non-hydrogen) atoms. The van der Waals surface area contributed by atoms with Gasteiger partial charge in [0.15, 0.2) is 0 Å². The van der Waals surface area contributed by atoms with E-state index < -0.39 is 17.7 Å². The normalized spacial score (nSPS) is 10.5. The Morgan fingerprint density at radius 1 is 1.16 bits per heavy atom. The number of nitriles is 1. The van der Waals surface area contributed by atoms with Crippen LogP contribution >= 0.6 is 0 Å². The second-order valence-corrected chi connectivity index (χ2v) is 4.81. The average molecular weight is 339 g/mol. The van der Waals surface area contributed by atoms with E-state index in [4.69, 9.17) is 5.26 Å². The minimum atomic E-state index is -0.700. The molecular weight excluding hydrogens is 325 g/mol. The third-order valence-corrected chi connectivity index (χ3v) is 3.17. The summed E-state index contributed by atoms with van der Waals surface area (Å²) in [6, 6.07) is 13.5. The molecule has 0 radical (unpaired) electrons. The predicted octanol–water partition coefficient (Wildman–Crippen LogP) is 3.07. The maximum absolute atomic E-state index is 12.9. The number of nitrogens with zero attached hydrogens (tertiary/aromatic N) is 1. The molecule has 6 nitrogen and oxygen atoms in total. The Balaban J connectivity index is 2.15. The van der Waals surface area contributed by atoms with Crippen LogP contribution in [-0.4, -0.2) is 19.0 Å². The molecule has 0 aliphatic heterocycles. The number of para-hydroxylation sites is 1. The van der Waals surface area contributed by atoms with Crippen LogP contribution in [0, 0.1) is 17.1 Å². The van der Waals surface area contributed by atoms with E-state index in [1.54, 1.807) is 18.2 Å². The van der Waals surface area contributed by atoms with E-state index in [0.29, 0.717) is 5.69 Å². The largest absolute Gasteiger partial charge is 0.465 e. The average Bonchev–Trinajstić information content (AvgIpc) is 2.63. The zero-order valence-electron chi connectivity index (χ0n) is 13.2. The van der Waals surface area contributed by atoms with E-state index >= 15 is 0 Å². The lowest BCUT2D eigenvalue weighted by atomic mass is 10.1. The summed E-state index contributed by atoms with van der Waals surface area (Å²) in [5.74, 6) is -1.71. The van der Waals surface area contributed by atoms with Crippen molar-refractivity contribution in [2.75, 3.05) is 17.7 Å². The van der Waals surface area contributed by atoms with Gasteiger partial charge in [-0.15, -0.1) is 0 Å². The molecule has 126 valence electrons. The Labute approximate surface area is 143 Å². The molecule has 0 aliphatic carbocycles. The van der Waals surface area contributed by atoms with Crippen LogP contribution in [0.2, 0.25) is 0 Å². The van der Waals surface area contributed by atoms with Gasteiger partial charge in [-0.3, -0.25) is 4.79 Å². The van der Waals surface area contributed by atoms with Crippen LogP contribution in [0.15, 0.2) is 60.3 Å². The number of rotatable bonds is 5. The lowest BCUT2D eigenvalue weighted by Crippen LogP contribution is -2.17. The smallest absolute Gasteiger partial charge is 0.339 e. The van der Waals surface area contributed by atoms with Gasteiger partial charge in [0.05, 0.1) is 18.4 Å². The van der Waals surface area contributed by atoms with Gasteiger partial charge in [-0.2, -0.15) is 5.26 Å². The molecule has 0 spiro atoms. The monoisotopic (exact) mass is 339 g/mol. The lowest BCUT2D eigenvalue weighted by Gasteiger charge is -2.09. The van der Waals surface area contributed by atoms with Gasteiger partial charge in [0, 0.05) is 11.9 Å². The molecule has 0 atom stereocenters. The van der Waals surface area contributed by atoms with Crippen molar-refractivity contribution < 1.29 is 18.7 Å². The second-order valence-electron chi connectivity index (χ2n) is 4.81. The fourth-order valence-corrected chi connectivity index (χ4v) is 1.92. The summed E-state index contributed by atoms with van der Waals surface area (Å²) in [6.45, 7) is 0. The van der Waals surface area contributed by atoms with Gasteiger partial charge >= 0.3 is 5.97 Å². The fourth-order valence-electron chi connectivity index (χ4n) is 1.92. The molecule has 0 bridgehead atoms. The molecule has 0 fully saturated rings. The Kier molecular flexibility index (Phi) is 5.85. The molecule has 0 unspecified atom stereocenters. The Bertz CT molecular complexity index is 855. The van der Waals surface area contributed by atoms with E-state index in [2.05, 4.69) is 15.4 Å². The van der Waals surface area contributed by atoms with Crippen molar-refractivity contribution in [2.24, 2.45) is 0 Å². The SMILES string of the molecule is COC(=O)c1ccccc1NC(=O)/C(C#N)=C\Nc1ccc(F)cc1. The molecule has 2 rings (SSSR count). The van der Waals surface area contributed by atoms with Crippen molar-refractivity contribution in [3.8, 4) is 6.07 Å². The maximum atomic E-state index is 12.9. The van der Waals surface area contributed by atoms with Crippen LogP contribution < -0.4 is 10.6 Å². The Morgan fingerprint density at radius 3 is 2.48 bits per heavy atom. The van der Waals surface area contributed by atoms with Crippen LogP contribution in [0.1, 0.15) is 10.4 Å². The van der Waals surface area contributed by atoms with Crippen LogP contribution in [0.25, 0.3) is 0 Å². The molecule has 1 amide bonds. The third kappa shape index (κ3) is 4.65. The molecule has 2 aromatic rings. The number of carbonyl (C=O) groups is 2. The summed E-state index contributed by atoms with van der Waals surface area (Å²) in [7, 11) is 1.23. The number of benzene rings is 2. The highest BCUT2D eigenvalue weighted by atomic mass is 19.1. The molecule has 0 aliphatic rings.